The predicted octanol–water partition coefficient (Wildman–Crippen LogP) is 0.198. The van der Waals surface area contributed by atoms with Gasteiger partial charge in [0, 0.05) is 0 Å². The quantitative estimate of drug-likeness (QED) is 0.403. The molecule has 3 nitrogen and oxygen atoms in total. The summed E-state index contributed by atoms with van der Waals surface area (Å²) in [6.45, 7) is 0. The number of rotatable bonds is 0. The van der Waals surface area contributed by atoms with Crippen LogP contribution in [0.2, 0.25) is 0 Å². The van der Waals surface area contributed by atoms with Gasteiger partial charge in [0.25, 0.3) is 0 Å². The molecule has 2 bridgehead atoms. The number of esters is 2. The highest BCUT2D eigenvalue weighted by atomic mass is 16.6. The molecule has 2 spiro atoms. The number of hydrogen-bond donors (Lipinski definition) is 0. The summed E-state index contributed by atoms with van der Waals surface area (Å²) in [5.41, 5.74) is -0.486. The molecule has 4 atom stereocenters. The van der Waals surface area contributed by atoms with Crippen molar-refractivity contribution in [2.24, 2.45) is 46.3 Å². The lowest BCUT2D eigenvalue weighted by Gasteiger charge is -2.05. The molecule has 0 aromatic heterocycles. The minimum Gasteiger partial charge on any atom is -0.392 e. The fraction of sp³-hybridized carbons (Fsp3) is 0.818. The van der Waals surface area contributed by atoms with Crippen LogP contribution in [0, 0.1) is 46.3 Å². The molecule has 0 N–H and O–H groups in total. The Hall–Kier alpha value is -0.860. The Morgan fingerprint density at radius 1 is 0.929 bits per heavy atom. The number of ether oxygens (including phenoxy) is 1. The van der Waals surface area contributed by atoms with E-state index in [4.69, 9.17) is 4.74 Å². The van der Waals surface area contributed by atoms with Crippen LogP contribution in [0.1, 0.15) is 6.42 Å². The van der Waals surface area contributed by atoms with Crippen LogP contribution in [0.5, 0.6) is 0 Å². The fourth-order valence-corrected chi connectivity index (χ4v) is 6.89. The normalized spacial score (nSPS) is 82.0. The van der Waals surface area contributed by atoms with Crippen molar-refractivity contribution in [3.8, 4) is 0 Å². The van der Waals surface area contributed by atoms with E-state index in [1.54, 1.807) is 0 Å². The second kappa shape index (κ2) is 1.09. The standard InChI is InChI=1S/C11H8O3/c12-8-10-4-2-1-3(6(4)10)7-5(2)11(7,10)9(13)14-8/h2-7H,1H2. The molecule has 7 rings (SSSR count). The molecule has 1 aliphatic heterocycles. The van der Waals surface area contributed by atoms with Gasteiger partial charge in [-0.3, -0.25) is 9.59 Å². The zero-order chi connectivity index (χ0) is 9.03. The van der Waals surface area contributed by atoms with E-state index >= 15 is 0 Å². The Kier molecular flexibility index (Phi) is 0.459. The molecule has 0 radical (unpaired) electrons. The van der Waals surface area contributed by atoms with Crippen molar-refractivity contribution < 1.29 is 14.3 Å². The number of carbonyl (C=O) groups is 2. The van der Waals surface area contributed by atoms with Crippen molar-refractivity contribution in [1.82, 2.24) is 0 Å². The van der Waals surface area contributed by atoms with Gasteiger partial charge in [0.15, 0.2) is 0 Å². The first-order chi connectivity index (χ1) is 6.77. The summed E-state index contributed by atoms with van der Waals surface area (Å²) < 4.78 is 4.91. The third-order valence-corrected chi connectivity index (χ3v) is 6.59. The minimum atomic E-state index is -0.243. The predicted molar refractivity (Wildman–Crippen MR) is 41.5 cm³/mol. The number of carbonyl (C=O) groups excluding carboxylic acids is 2. The Bertz CT molecular complexity index is 417. The number of cyclic esters (lactones) is 2. The van der Waals surface area contributed by atoms with E-state index in [0.717, 1.165) is 11.8 Å². The Labute approximate surface area is 79.8 Å². The third-order valence-electron chi connectivity index (χ3n) is 6.59. The molecule has 0 aromatic rings. The first-order valence-corrected chi connectivity index (χ1v) is 5.54. The molecular weight excluding hydrogens is 180 g/mol. The summed E-state index contributed by atoms with van der Waals surface area (Å²) >= 11 is 0. The summed E-state index contributed by atoms with van der Waals surface area (Å²) in [6, 6.07) is 0. The topological polar surface area (TPSA) is 43.4 Å². The van der Waals surface area contributed by atoms with E-state index in [9.17, 15) is 9.59 Å². The van der Waals surface area contributed by atoms with Crippen molar-refractivity contribution in [2.45, 2.75) is 6.42 Å². The van der Waals surface area contributed by atoms with Crippen LogP contribution in [-0.4, -0.2) is 11.9 Å². The molecule has 0 aromatic carbocycles. The summed E-state index contributed by atoms with van der Waals surface area (Å²) in [5.74, 6) is 3.45. The lowest BCUT2D eigenvalue weighted by Crippen LogP contribution is -2.21. The molecule has 6 aliphatic carbocycles. The van der Waals surface area contributed by atoms with E-state index in [0.29, 0.717) is 23.7 Å². The van der Waals surface area contributed by atoms with Gasteiger partial charge in [0.2, 0.25) is 0 Å². The van der Waals surface area contributed by atoms with E-state index in [1.807, 2.05) is 0 Å². The fourth-order valence-electron chi connectivity index (χ4n) is 6.89. The molecule has 3 heteroatoms. The van der Waals surface area contributed by atoms with Crippen molar-refractivity contribution >= 4 is 11.9 Å². The first-order valence-electron chi connectivity index (χ1n) is 5.54. The molecular formula is C11H8O3. The molecule has 0 amide bonds. The van der Waals surface area contributed by atoms with Gasteiger partial charge in [0.1, 0.15) is 0 Å². The molecule has 7 aliphatic rings. The second-order valence-electron chi connectivity index (χ2n) is 6.08. The van der Waals surface area contributed by atoms with E-state index < -0.39 is 0 Å². The van der Waals surface area contributed by atoms with Crippen LogP contribution in [0.15, 0.2) is 0 Å². The van der Waals surface area contributed by atoms with Crippen LogP contribution in [0.3, 0.4) is 0 Å². The lowest BCUT2D eigenvalue weighted by atomic mass is 9.88. The van der Waals surface area contributed by atoms with Gasteiger partial charge in [-0.05, 0) is 41.9 Å². The smallest absolute Gasteiger partial charge is 0.321 e. The van der Waals surface area contributed by atoms with Gasteiger partial charge < -0.3 is 4.74 Å². The van der Waals surface area contributed by atoms with Crippen LogP contribution in [0.25, 0.3) is 0 Å². The highest BCUT2D eigenvalue weighted by Gasteiger charge is 3.11. The minimum absolute atomic E-state index is 0.144. The van der Waals surface area contributed by atoms with Crippen molar-refractivity contribution in [1.29, 1.82) is 0 Å². The van der Waals surface area contributed by atoms with E-state index in [-0.39, 0.29) is 22.8 Å². The van der Waals surface area contributed by atoms with Crippen LogP contribution in [0.4, 0.5) is 0 Å². The van der Waals surface area contributed by atoms with Gasteiger partial charge in [0.05, 0.1) is 10.8 Å². The van der Waals surface area contributed by atoms with Crippen molar-refractivity contribution in [3.05, 3.63) is 0 Å². The van der Waals surface area contributed by atoms with Crippen LogP contribution >= 0.6 is 0 Å². The van der Waals surface area contributed by atoms with Crippen LogP contribution < -0.4 is 0 Å². The van der Waals surface area contributed by atoms with Crippen molar-refractivity contribution in [3.63, 3.8) is 0 Å². The molecule has 7 fully saturated rings. The summed E-state index contributed by atoms with van der Waals surface area (Å²) in [6.07, 6.45) is 1.31. The van der Waals surface area contributed by atoms with Gasteiger partial charge >= 0.3 is 11.9 Å². The van der Waals surface area contributed by atoms with E-state index in [1.165, 1.54) is 6.42 Å². The number of hydrogen-bond acceptors (Lipinski definition) is 3. The maximum Gasteiger partial charge on any atom is 0.321 e. The van der Waals surface area contributed by atoms with Crippen molar-refractivity contribution in [2.75, 3.05) is 0 Å². The summed E-state index contributed by atoms with van der Waals surface area (Å²) in [7, 11) is 0. The zero-order valence-corrected chi connectivity index (χ0v) is 7.40. The molecule has 1 heterocycles. The molecule has 1 saturated heterocycles. The molecule has 14 heavy (non-hydrogen) atoms. The van der Waals surface area contributed by atoms with Gasteiger partial charge in [-0.15, -0.1) is 0 Å². The van der Waals surface area contributed by atoms with Gasteiger partial charge in [-0.1, -0.05) is 0 Å². The monoisotopic (exact) mass is 188 g/mol. The lowest BCUT2D eigenvalue weighted by molar-refractivity contribution is -0.155. The highest BCUT2D eigenvalue weighted by Crippen LogP contribution is 3.06. The third kappa shape index (κ3) is 0.220. The molecule has 70 valence electrons. The SMILES string of the molecule is O=C1OC(=O)C23C4C5CC(C6C5C162)C43. The van der Waals surface area contributed by atoms with Gasteiger partial charge in [-0.2, -0.15) is 0 Å². The summed E-state index contributed by atoms with van der Waals surface area (Å²) in [4.78, 5) is 23.6. The first kappa shape index (κ1) is 5.89. The summed E-state index contributed by atoms with van der Waals surface area (Å²) in [5, 5.41) is 0. The second-order valence-corrected chi connectivity index (χ2v) is 6.08. The van der Waals surface area contributed by atoms with Crippen LogP contribution in [-0.2, 0) is 14.3 Å². The maximum atomic E-state index is 11.8. The van der Waals surface area contributed by atoms with Gasteiger partial charge in [-0.25, -0.2) is 0 Å². The molecule has 4 unspecified atom stereocenters. The highest BCUT2D eigenvalue weighted by molar-refractivity contribution is 6.10. The average molecular weight is 188 g/mol. The largest absolute Gasteiger partial charge is 0.392 e. The maximum absolute atomic E-state index is 11.8. The average Bonchev–Trinajstić information content (AvgIpc) is 2.85. The molecule has 6 saturated carbocycles. The zero-order valence-electron chi connectivity index (χ0n) is 7.40. The van der Waals surface area contributed by atoms with E-state index in [2.05, 4.69) is 0 Å². The Morgan fingerprint density at radius 2 is 1.36 bits per heavy atom. The Balaban J connectivity index is 1.83. The Morgan fingerprint density at radius 3 is 1.79 bits per heavy atom.